The Hall–Kier alpha value is -4.28. The molecule has 6 rings (SSSR count). The van der Waals surface area contributed by atoms with E-state index in [1.54, 1.807) is 48.7 Å². The van der Waals surface area contributed by atoms with Crippen LogP contribution in [0.4, 0.5) is 4.39 Å². The van der Waals surface area contributed by atoms with Crippen molar-refractivity contribution in [1.29, 1.82) is 10.5 Å². The van der Waals surface area contributed by atoms with Crippen LogP contribution in [-0.4, -0.2) is 58.0 Å². The number of likely N-dealkylation sites (tertiary alicyclic amines) is 1. The van der Waals surface area contributed by atoms with Crippen LogP contribution in [0, 0.1) is 28.5 Å². The van der Waals surface area contributed by atoms with Crippen LogP contribution in [0.3, 0.4) is 0 Å². The molecule has 0 spiro atoms. The minimum Gasteiger partial charge on any atom is -0.472 e. The zero-order valence-corrected chi connectivity index (χ0v) is 26.2. The summed E-state index contributed by atoms with van der Waals surface area (Å²) in [7, 11) is 2.09. The number of hydrogen-bond acceptors (Lipinski definition) is 7. The number of allylic oxidation sites excluding steroid dienone is 2. The Bertz CT molecular complexity index is 1890. The lowest BCUT2D eigenvalue weighted by atomic mass is 9.94. The third-order valence-corrected chi connectivity index (χ3v) is 9.44. The number of ether oxygens (including phenoxy) is 1. The number of aromatic nitrogens is 3. The molecule has 0 unspecified atom stereocenters. The van der Waals surface area contributed by atoms with Crippen molar-refractivity contribution < 1.29 is 9.13 Å². The zero-order chi connectivity index (χ0) is 31.7. The maximum Gasteiger partial charge on any atom is 0.225 e. The van der Waals surface area contributed by atoms with Gasteiger partial charge in [0.05, 0.1) is 46.2 Å². The lowest BCUT2D eigenvalue weighted by Crippen LogP contribution is -2.38. The normalized spacial score (nSPS) is 21.2. The van der Waals surface area contributed by atoms with Crippen molar-refractivity contribution in [3.8, 4) is 29.1 Å². The van der Waals surface area contributed by atoms with Crippen LogP contribution in [0.25, 0.3) is 39.0 Å². The van der Waals surface area contributed by atoms with E-state index in [9.17, 15) is 10.5 Å². The topological polar surface area (TPSA) is 103 Å². The molecule has 4 aromatic rings. The Labute approximate surface area is 267 Å². The van der Waals surface area contributed by atoms with Gasteiger partial charge in [0.1, 0.15) is 17.7 Å². The SMILES string of the molecule is C=C/C=C\c1cccc(-c2c(Cl)cc3c(nc(O[C@@H](C)[C@@H]4CCCN4C)c4cnn([C@H]5CCN[C@H](CC#N)C5)c43)c2F)c1C#N. The molecule has 0 radical (unpaired) electrons. The predicted octanol–water partition coefficient (Wildman–Crippen LogP) is 7.18. The molecule has 0 saturated carbocycles. The Morgan fingerprint density at radius 3 is 2.87 bits per heavy atom. The van der Waals surface area contributed by atoms with Gasteiger partial charge in [-0.1, -0.05) is 54.6 Å². The lowest BCUT2D eigenvalue weighted by Gasteiger charge is -2.30. The number of fused-ring (bicyclic) bond motifs is 3. The fraction of sp³-hybridized carbons (Fsp3) is 0.371. The van der Waals surface area contributed by atoms with Crippen LogP contribution >= 0.6 is 11.6 Å². The van der Waals surface area contributed by atoms with Crippen LogP contribution in [0.2, 0.25) is 5.02 Å². The number of nitrogens with one attached hydrogen (secondary N) is 1. The second kappa shape index (κ2) is 13.0. The maximum absolute atomic E-state index is 16.9. The summed E-state index contributed by atoms with van der Waals surface area (Å²) in [6.07, 6.45) is 10.6. The monoisotopic (exact) mass is 623 g/mol. The van der Waals surface area contributed by atoms with Gasteiger partial charge in [-0.3, -0.25) is 9.58 Å². The second-order valence-corrected chi connectivity index (χ2v) is 12.3. The first-order chi connectivity index (χ1) is 21.9. The smallest absolute Gasteiger partial charge is 0.225 e. The molecule has 0 aliphatic carbocycles. The van der Waals surface area contributed by atoms with Gasteiger partial charge in [-0.05, 0) is 64.4 Å². The molecule has 2 aliphatic rings. The summed E-state index contributed by atoms with van der Waals surface area (Å²) in [6, 6.07) is 11.7. The summed E-state index contributed by atoms with van der Waals surface area (Å²) in [6.45, 7) is 7.47. The number of benzene rings is 2. The van der Waals surface area contributed by atoms with Crippen molar-refractivity contribution in [2.24, 2.45) is 0 Å². The standard InChI is InChI=1S/C35H35ClFN7O/c1-4-5-8-22-9-6-10-25(27(22)19-39)31-29(36)18-26-33(32(31)37)42-35(45-21(2)30-11-7-16-43(30)3)28-20-41-44(34(26)28)24-13-15-40-23(17-24)12-14-38/h4-6,8-10,18,20-21,23-24,30,40H,1,7,11-13,15-17H2,2-3H3/b8-5-/t21-,23+,24-,30-/m0/s1. The van der Waals surface area contributed by atoms with E-state index in [4.69, 9.17) is 26.4 Å². The van der Waals surface area contributed by atoms with Gasteiger partial charge in [0, 0.05) is 28.6 Å². The largest absolute Gasteiger partial charge is 0.472 e. The summed E-state index contributed by atoms with van der Waals surface area (Å²) in [5.41, 5.74) is 2.21. The highest BCUT2D eigenvalue weighted by Gasteiger charge is 2.31. The Morgan fingerprint density at radius 2 is 2.13 bits per heavy atom. The highest BCUT2D eigenvalue weighted by Crippen LogP contribution is 2.43. The van der Waals surface area contributed by atoms with Gasteiger partial charge in [0.25, 0.3) is 0 Å². The van der Waals surface area contributed by atoms with Crippen molar-refractivity contribution in [1.82, 2.24) is 25.0 Å². The molecule has 1 N–H and O–H groups in total. The molecule has 2 fully saturated rings. The molecule has 2 aromatic heterocycles. The number of hydrogen-bond donors (Lipinski definition) is 1. The van der Waals surface area contributed by atoms with Crippen LogP contribution < -0.4 is 10.1 Å². The van der Waals surface area contributed by atoms with Gasteiger partial charge in [-0.2, -0.15) is 15.6 Å². The fourth-order valence-electron chi connectivity index (χ4n) is 6.93. The van der Waals surface area contributed by atoms with Crippen molar-refractivity contribution in [3.05, 3.63) is 71.2 Å². The zero-order valence-electron chi connectivity index (χ0n) is 25.4. The Kier molecular flexibility index (Phi) is 8.87. The molecule has 45 heavy (non-hydrogen) atoms. The molecule has 230 valence electrons. The molecule has 0 amide bonds. The van der Waals surface area contributed by atoms with E-state index in [0.717, 1.165) is 32.4 Å². The van der Waals surface area contributed by atoms with Crippen molar-refractivity contribution in [3.63, 3.8) is 0 Å². The summed E-state index contributed by atoms with van der Waals surface area (Å²) in [5, 5.41) is 29.0. The first kappa shape index (κ1) is 30.7. The number of piperidine rings is 1. The number of nitriles is 2. The number of halogens is 2. The Balaban J connectivity index is 1.57. The maximum atomic E-state index is 16.9. The molecule has 2 aromatic carbocycles. The van der Waals surface area contributed by atoms with Crippen LogP contribution in [0.1, 0.15) is 56.2 Å². The highest BCUT2D eigenvalue weighted by molar-refractivity contribution is 6.35. The van der Waals surface area contributed by atoms with Gasteiger partial charge in [0.15, 0.2) is 5.82 Å². The highest BCUT2D eigenvalue weighted by atomic mass is 35.5. The molecule has 10 heteroatoms. The van der Waals surface area contributed by atoms with E-state index in [0.29, 0.717) is 51.7 Å². The third kappa shape index (κ3) is 5.68. The van der Waals surface area contributed by atoms with Crippen LogP contribution in [0.5, 0.6) is 5.88 Å². The summed E-state index contributed by atoms with van der Waals surface area (Å²) in [4.78, 5) is 7.09. The Morgan fingerprint density at radius 1 is 1.29 bits per heavy atom. The van der Waals surface area contributed by atoms with E-state index in [1.807, 2.05) is 11.6 Å². The molecule has 2 saturated heterocycles. The quantitative estimate of drug-likeness (QED) is 0.207. The molecule has 8 nitrogen and oxygen atoms in total. The van der Waals surface area contributed by atoms with Crippen molar-refractivity contribution in [2.45, 2.75) is 63.3 Å². The number of pyridine rings is 1. The average molecular weight is 624 g/mol. The first-order valence-electron chi connectivity index (χ1n) is 15.3. The second-order valence-electron chi connectivity index (χ2n) is 11.9. The van der Waals surface area contributed by atoms with Crippen LogP contribution in [-0.2, 0) is 0 Å². The molecule has 4 heterocycles. The minimum atomic E-state index is -0.628. The number of likely N-dealkylation sites (N-methyl/N-ethyl adjacent to an activating group) is 1. The van der Waals surface area contributed by atoms with E-state index < -0.39 is 5.82 Å². The van der Waals surface area contributed by atoms with Crippen molar-refractivity contribution >= 4 is 39.5 Å². The average Bonchev–Trinajstić information content (AvgIpc) is 3.68. The minimum absolute atomic E-state index is 0.0148. The first-order valence-corrected chi connectivity index (χ1v) is 15.7. The van der Waals surface area contributed by atoms with Crippen LogP contribution in [0.15, 0.2) is 49.2 Å². The van der Waals surface area contributed by atoms with E-state index >= 15 is 4.39 Å². The van der Waals surface area contributed by atoms with E-state index in [2.05, 4.69) is 36.0 Å². The fourth-order valence-corrected chi connectivity index (χ4v) is 7.22. The molecular weight excluding hydrogens is 589 g/mol. The van der Waals surface area contributed by atoms with E-state index in [-0.39, 0.29) is 40.3 Å². The molecule has 0 bridgehead atoms. The van der Waals surface area contributed by atoms with E-state index in [1.165, 1.54) is 0 Å². The van der Waals surface area contributed by atoms with Gasteiger partial charge in [-0.25, -0.2) is 9.37 Å². The van der Waals surface area contributed by atoms with Crippen molar-refractivity contribution in [2.75, 3.05) is 20.1 Å². The summed E-state index contributed by atoms with van der Waals surface area (Å²) in [5.74, 6) is -0.314. The molecule has 2 aliphatic heterocycles. The van der Waals surface area contributed by atoms with Gasteiger partial charge < -0.3 is 10.1 Å². The lowest BCUT2D eigenvalue weighted by molar-refractivity contribution is 0.119. The summed E-state index contributed by atoms with van der Waals surface area (Å²) < 4.78 is 25.4. The van der Waals surface area contributed by atoms with Gasteiger partial charge in [-0.15, -0.1) is 0 Å². The molecular formula is C35H35ClFN7O. The van der Waals surface area contributed by atoms with Gasteiger partial charge in [0.2, 0.25) is 5.88 Å². The molecule has 4 atom stereocenters. The predicted molar refractivity (Wildman–Crippen MR) is 175 cm³/mol. The third-order valence-electron chi connectivity index (χ3n) is 9.14. The number of nitrogens with zero attached hydrogens (tertiary/aromatic N) is 6. The number of rotatable bonds is 8. The van der Waals surface area contributed by atoms with Gasteiger partial charge >= 0.3 is 0 Å². The summed E-state index contributed by atoms with van der Waals surface area (Å²) >= 11 is 6.90.